The van der Waals surface area contributed by atoms with E-state index in [4.69, 9.17) is 0 Å². The number of carbonyl (C=O) groups is 2. The Morgan fingerprint density at radius 3 is 2.62 bits per heavy atom. The van der Waals surface area contributed by atoms with Gasteiger partial charge in [-0.25, -0.2) is 4.79 Å². The Labute approximate surface area is 147 Å². The second kappa shape index (κ2) is 7.23. The molecule has 24 heavy (non-hydrogen) atoms. The molecule has 0 bridgehead atoms. The smallest absolute Gasteiger partial charge is 0.322 e. The highest BCUT2D eigenvalue weighted by Crippen LogP contribution is 2.35. The molecule has 0 aliphatic carbocycles. The van der Waals surface area contributed by atoms with Crippen LogP contribution in [0.5, 0.6) is 0 Å². The zero-order valence-electron chi connectivity index (χ0n) is 14.5. The van der Waals surface area contributed by atoms with Crippen molar-refractivity contribution in [1.82, 2.24) is 15.5 Å². The summed E-state index contributed by atoms with van der Waals surface area (Å²) in [6.45, 7) is 7.26. The lowest BCUT2D eigenvalue weighted by molar-refractivity contribution is -0.127. The average Bonchev–Trinajstić information content (AvgIpc) is 3.14. The maximum atomic E-state index is 12.5. The molecule has 1 atom stereocenters. The van der Waals surface area contributed by atoms with Crippen LogP contribution >= 0.6 is 11.3 Å². The summed E-state index contributed by atoms with van der Waals surface area (Å²) >= 11 is 1.73. The summed E-state index contributed by atoms with van der Waals surface area (Å²) < 4.78 is 0. The number of nitrogens with one attached hydrogen (secondary N) is 2. The molecular weight excluding hydrogens is 322 g/mol. The van der Waals surface area contributed by atoms with Gasteiger partial charge in [0.05, 0.1) is 0 Å². The zero-order valence-corrected chi connectivity index (χ0v) is 15.3. The van der Waals surface area contributed by atoms with Crippen molar-refractivity contribution < 1.29 is 9.59 Å². The van der Waals surface area contributed by atoms with Crippen LogP contribution in [-0.2, 0) is 11.3 Å². The predicted octanol–water partition coefficient (Wildman–Crippen LogP) is 2.97. The molecule has 0 radical (unpaired) electrons. The highest BCUT2D eigenvalue weighted by Gasteiger charge is 2.51. The van der Waals surface area contributed by atoms with E-state index in [1.165, 1.54) is 5.56 Å². The highest BCUT2D eigenvalue weighted by molar-refractivity contribution is 7.07. The molecule has 3 amide bonds. The van der Waals surface area contributed by atoms with Crippen LogP contribution in [0.1, 0.15) is 45.1 Å². The van der Waals surface area contributed by atoms with Gasteiger partial charge >= 0.3 is 6.03 Å². The number of thiophene rings is 1. The van der Waals surface area contributed by atoms with E-state index in [1.807, 2.05) is 0 Å². The summed E-state index contributed by atoms with van der Waals surface area (Å²) in [6.07, 6.45) is 3.59. The summed E-state index contributed by atoms with van der Waals surface area (Å²) in [6, 6.07) is 1.84. The van der Waals surface area contributed by atoms with Crippen LogP contribution in [0.4, 0.5) is 4.79 Å². The minimum Gasteiger partial charge on any atom is -0.323 e. The number of carbonyl (C=O) groups excluding carboxylic acids is 2. The highest BCUT2D eigenvalue weighted by atomic mass is 32.1. The lowest BCUT2D eigenvalue weighted by Gasteiger charge is -2.41. The number of piperidine rings is 1. The van der Waals surface area contributed by atoms with Gasteiger partial charge < -0.3 is 5.32 Å². The van der Waals surface area contributed by atoms with Gasteiger partial charge in [-0.3, -0.25) is 15.0 Å². The van der Waals surface area contributed by atoms with E-state index < -0.39 is 5.54 Å². The van der Waals surface area contributed by atoms with Gasteiger partial charge in [0.1, 0.15) is 5.54 Å². The van der Waals surface area contributed by atoms with Crippen LogP contribution in [0.2, 0.25) is 0 Å². The average molecular weight is 350 g/mol. The van der Waals surface area contributed by atoms with Crippen molar-refractivity contribution >= 4 is 23.3 Å². The number of amides is 3. The standard InChI is InChI=1S/C18H27N3O2S/c1-13(2)3-7-18(16(22)19-17(23)20-18)15-4-8-21(9-5-15)11-14-6-10-24-12-14/h6,10,12-13,15H,3-5,7-9,11H2,1-2H3,(H2,19,20,22,23). The molecule has 2 fully saturated rings. The summed E-state index contributed by atoms with van der Waals surface area (Å²) in [5, 5.41) is 9.77. The van der Waals surface area contributed by atoms with Crippen LogP contribution in [0.25, 0.3) is 0 Å². The molecule has 2 saturated heterocycles. The molecule has 2 aliphatic heterocycles. The Morgan fingerprint density at radius 1 is 1.33 bits per heavy atom. The number of rotatable bonds is 6. The normalized spacial score (nSPS) is 26.0. The van der Waals surface area contributed by atoms with Crippen molar-refractivity contribution in [3.8, 4) is 0 Å². The van der Waals surface area contributed by atoms with Gasteiger partial charge in [0.2, 0.25) is 0 Å². The van der Waals surface area contributed by atoms with Crippen molar-refractivity contribution in [2.24, 2.45) is 11.8 Å². The van der Waals surface area contributed by atoms with Gasteiger partial charge in [0, 0.05) is 6.54 Å². The first-order valence-corrected chi connectivity index (χ1v) is 9.81. The molecule has 3 rings (SSSR count). The predicted molar refractivity (Wildman–Crippen MR) is 95.8 cm³/mol. The van der Waals surface area contributed by atoms with Gasteiger partial charge in [-0.2, -0.15) is 11.3 Å². The molecule has 1 aromatic heterocycles. The zero-order chi connectivity index (χ0) is 17.2. The molecule has 1 unspecified atom stereocenters. The molecule has 2 N–H and O–H groups in total. The fourth-order valence-electron chi connectivity index (χ4n) is 3.91. The van der Waals surface area contributed by atoms with Crippen molar-refractivity contribution in [1.29, 1.82) is 0 Å². The first-order chi connectivity index (χ1) is 11.5. The van der Waals surface area contributed by atoms with E-state index in [0.717, 1.165) is 45.3 Å². The lowest BCUT2D eigenvalue weighted by Crippen LogP contribution is -2.56. The third-order valence-corrected chi connectivity index (χ3v) is 6.09. The molecule has 0 saturated carbocycles. The van der Waals surface area contributed by atoms with Crippen LogP contribution < -0.4 is 10.6 Å². The topological polar surface area (TPSA) is 61.4 Å². The number of nitrogens with zero attached hydrogens (tertiary/aromatic N) is 1. The first-order valence-electron chi connectivity index (χ1n) is 8.86. The maximum absolute atomic E-state index is 12.5. The fourth-order valence-corrected chi connectivity index (χ4v) is 4.57. The second-order valence-corrected chi connectivity index (χ2v) is 8.27. The molecule has 2 aliphatic rings. The minimum absolute atomic E-state index is 0.121. The number of imide groups is 1. The monoisotopic (exact) mass is 349 g/mol. The van der Waals surface area contributed by atoms with Crippen LogP contribution in [-0.4, -0.2) is 35.5 Å². The quantitative estimate of drug-likeness (QED) is 0.776. The number of hydrogen-bond acceptors (Lipinski definition) is 4. The van der Waals surface area contributed by atoms with Crippen LogP contribution in [0, 0.1) is 11.8 Å². The van der Waals surface area contributed by atoms with E-state index in [1.54, 1.807) is 11.3 Å². The number of likely N-dealkylation sites (tertiary alicyclic amines) is 1. The van der Waals surface area contributed by atoms with Crippen molar-refractivity contribution in [2.45, 2.75) is 51.6 Å². The summed E-state index contributed by atoms with van der Waals surface area (Å²) in [7, 11) is 0. The third kappa shape index (κ3) is 3.64. The van der Waals surface area contributed by atoms with E-state index in [0.29, 0.717) is 5.92 Å². The molecule has 0 aromatic carbocycles. The van der Waals surface area contributed by atoms with Gasteiger partial charge in [0.15, 0.2) is 0 Å². The molecule has 6 heteroatoms. The Balaban J connectivity index is 1.64. The van der Waals surface area contributed by atoms with Crippen molar-refractivity contribution in [3.63, 3.8) is 0 Å². The summed E-state index contributed by atoms with van der Waals surface area (Å²) in [5.41, 5.74) is 0.662. The van der Waals surface area contributed by atoms with E-state index in [2.05, 4.69) is 46.2 Å². The SMILES string of the molecule is CC(C)CCC1(C2CCN(Cc3ccsc3)CC2)NC(=O)NC1=O. The Kier molecular flexibility index (Phi) is 5.25. The summed E-state index contributed by atoms with van der Waals surface area (Å²) in [4.78, 5) is 26.8. The fraction of sp³-hybridized carbons (Fsp3) is 0.667. The molecule has 1 aromatic rings. The van der Waals surface area contributed by atoms with Crippen molar-refractivity contribution in [3.05, 3.63) is 22.4 Å². The Hall–Kier alpha value is -1.40. The molecular formula is C18H27N3O2S. The molecule has 3 heterocycles. The van der Waals surface area contributed by atoms with Gasteiger partial charge in [-0.15, -0.1) is 0 Å². The van der Waals surface area contributed by atoms with E-state index in [-0.39, 0.29) is 17.9 Å². The third-order valence-electron chi connectivity index (χ3n) is 5.36. The Morgan fingerprint density at radius 2 is 2.08 bits per heavy atom. The Bertz CT molecular complexity index is 579. The molecule has 0 spiro atoms. The minimum atomic E-state index is -0.699. The van der Waals surface area contributed by atoms with E-state index in [9.17, 15) is 9.59 Å². The second-order valence-electron chi connectivity index (χ2n) is 7.49. The number of hydrogen-bond donors (Lipinski definition) is 2. The van der Waals surface area contributed by atoms with Crippen LogP contribution in [0.15, 0.2) is 16.8 Å². The lowest BCUT2D eigenvalue weighted by atomic mass is 9.74. The van der Waals surface area contributed by atoms with Gasteiger partial charge in [0.25, 0.3) is 5.91 Å². The van der Waals surface area contributed by atoms with Gasteiger partial charge in [-0.05, 0) is 73.0 Å². The first kappa shape index (κ1) is 17.4. The largest absolute Gasteiger partial charge is 0.323 e. The maximum Gasteiger partial charge on any atom is 0.322 e. The molecule has 5 nitrogen and oxygen atoms in total. The molecule has 132 valence electrons. The van der Waals surface area contributed by atoms with Crippen molar-refractivity contribution in [2.75, 3.05) is 13.1 Å². The summed E-state index contributed by atoms with van der Waals surface area (Å²) in [5.74, 6) is 0.622. The number of urea groups is 1. The van der Waals surface area contributed by atoms with Gasteiger partial charge in [-0.1, -0.05) is 13.8 Å². The van der Waals surface area contributed by atoms with E-state index >= 15 is 0 Å². The van der Waals surface area contributed by atoms with Crippen LogP contribution in [0.3, 0.4) is 0 Å².